The van der Waals surface area contributed by atoms with E-state index in [0.717, 1.165) is 6.42 Å². The third-order valence-corrected chi connectivity index (χ3v) is 1.54. The van der Waals surface area contributed by atoms with E-state index in [4.69, 9.17) is 14.4 Å². The van der Waals surface area contributed by atoms with Gasteiger partial charge in [0.2, 0.25) is 0 Å². The smallest absolute Gasteiger partial charge is 0.773 e. The molecule has 0 saturated carbocycles. The van der Waals surface area contributed by atoms with Gasteiger partial charge in [-0.3, -0.25) is 0 Å². The molecule has 0 rings (SSSR count). The van der Waals surface area contributed by atoms with E-state index < -0.39 is 8.97 Å². The van der Waals surface area contributed by atoms with Gasteiger partial charge in [0.15, 0.2) is 0 Å². The Balaban J connectivity index is 0. The highest BCUT2D eigenvalue weighted by molar-refractivity contribution is 6.45. The summed E-state index contributed by atoms with van der Waals surface area (Å²) in [5, 5.41) is 0. The van der Waals surface area contributed by atoms with E-state index in [2.05, 4.69) is 0 Å². The van der Waals surface area contributed by atoms with Crippen LogP contribution in [0.5, 0.6) is 0 Å². The Hall–Kier alpha value is 0.347. The van der Waals surface area contributed by atoms with Crippen LogP contribution in [0, 0.1) is 0 Å². The maximum atomic E-state index is 8.34. The molecule has 9 heavy (non-hydrogen) atoms. The molecule has 0 amide bonds. The lowest BCUT2D eigenvalue weighted by atomic mass is 10.5. The van der Waals surface area contributed by atoms with Crippen molar-refractivity contribution in [3.63, 3.8) is 0 Å². The van der Waals surface area contributed by atoms with E-state index in [1.807, 2.05) is 6.92 Å². The van der Waals surface area contributed by atoms with Gasteiger partial charge in [-0.15, -0.1) is 0 Å². The van der Waals surface area contributed by atoms with Crippen molar-refractivity contribution in [2.75, 3.05) is 6.54 Å². The Bertz CT molecular complexity index is 66.6. The Morgan fingerprint density at radius 2 is 1.78 bits per heavy atom. The summed E-state index contributed by atoms with van der Waals surface area (Å²) in [5.74, 6) is 0. The van der Waals surface area contributed by atoms with Gasteiger partial charge in [0.1, 0.15) is 0 Å². The minimum atomic E-state index is -3.80. The van der Waals surface area contributed by atoms with E-state index in [1.165, 1.54) is 4.98 Å². The van der Waals surface area contributed by atoms with Crippen LogP contribution < -0.4 is 17.4 Å². The predicted molar refractivity (Wildman–Crippen MR) is 29.5 cm³/mol. The van der Waals surface area contributed by atoms with Crippen LogP contribution in [0.4, 0.5) is 0 Å². The van der Waals surface area contributed by atoms with Crippen molar-refractivity contribution in [1.82, 2.24) is 0 Å². The van der Waals surface area contributed by atoms with Crippen LogP contribution in [0.15, 0.2) is 0 Å². The number of quaternary nitrogens is 1. The molecule has 0 aliphatic heterocycles. The maximum Gasteiger partial charge on any atom is 0.773 e. The molecule has 0 heterocycles. The molecule has 0 radical (unpaired) electrons. The molecule has 0 bridgehead atoms. The number of hydrogen-bond donors (Lipinski definition) is 4. The van der Waals surface area contributed by atoms with Crippen molar-refractivity contribution in [2.24, 2.45) is 0 Å². The van der Waals surface area contributed by atoms with Gasteiger partial charge in [-0.25, -0.2) is 0 Å². The molecule has 0 fully saturated rings. The number of halogens is 1. The summed E-state index contributed by atoms with van der Waals surface area (Å²) in [6, 6.07) is 0. The minimum Gasteiger partial charge on any atom is -1.00 e. The Morgan fingerprint density at radius 3 is 1.89 bits per heavy atom. The first-order chi connectivity index (χ1) is 3.56. The molecule has 0 unspecified atom stereocenters. The fraction of sp³-hybridized carbons (Fsp3) is 1.00. The van der Waals surface area contributed by atoms with Crippen LogP contribution in [-0.4, -0.2) is 29.9 Å². The first-order valence-electron chi connectivity index (χ1n) is 2.57. The second-order valence-electron chi connectivity index (χ2n) is 1.68. The van der Waals surface area contributed by atoms with Gasteiger partial charge in [-0.05, 0) is 6.42 Å². The van der Waals surface area contributed by atoms with Crippen LogP contribution >= 0.6 is 0 Å². The zero-order chi connectivity index (χ0) is 6.62. The molecule has 0 aliphatic carbocycles. The molecule has 0 saturated heterocycles. The fourth-order valence-corrected chi connectivity index (χ4v) is 1.01. The van der Waals surface area contributed by atoms with E-state index in [0.29, 0.717) is 6.54 Å². The highest BCUT2D eigenvalue weighted by atomic mass is 35.5. The molecule has 0 aromatic carbocycles. The highest BCUT2D eigenvalue weighted by Gasteiger charge is 2.36. The summed E-state index contributed by atoms with van der Waals surface area (Å²) in [7, 11) is -3.80. The lowest BCUT2D eigenvalue weighted by molar-refractivity contribution is -0.575. The summed E-state index contributed by atoms with van der Waals surface area (Å²) in [6.07, 6.45) is 0.830. The van der Waals surface area contributed by atoms with E-state index in [9.17, 15) is 0 Å². The predicted octanol–water partition coefficient (Wildman–Crippen LogP) is -5.62. The zero-order valence-electron chi connectivity index (χ0n) is 5.21. The average molecular weight is 174 g/mol. The number of rotatable bonds is 3. The van der Waals surface area contributed by atoms with E-state index >= 15 is 0 Å². The third-order valence-electron chi connectivity index (χ3n) is 0.707. The van der Waals surface area contributed by atoms with Crippen LogP contribution in [0.1, 0.15) is 13.3 Å². The molecule has 5 N–H and O–H groups in total. The molecule has 58 valence electrons. The quantitative estimate of drug-likeness (QED) is 0.322. The van der Waals surface area contributed by atoms with Crippen molar-refractivity contribution < 1.29 is 31.8 Å². The lowest BCUT2D eigenvalue weighted by Gasteiger charge is -2.02. The fourth-order valence-electron chi connectivity index (χ4n) is 0.338. The molecule has 0 spiro atoms. The number of nitrogens with two attached hydrogens (primary N) is 1. The maximum absolute atomic E-state index is 8.34. The summed E-state index contributed by atoms with van der Waals surface area (Å²) in [4.78, 5) is 26.2. The van der Waals surface area contributed by atoms with Gasteiger partial charge in [0, 0.05) is 0 Å². The normalized spacial score (nSPS) is 10.7. The summed E-state index contributed by atoms with van der Waals surface area (Å²) in [5.41, 5.74) is 0. The third kappa shape index (κ3) is 11.8. The summed E-state index contributed by atoms with van der Waals surface area (Å²) < 4.78 is 0. The summed E-state index contributed by atoms with van der Waals surface area (Å²) >= 11 is 0. The minimum absolute atomic E-state index is 0. The molecule has 6 heteroatoms. The van der Waals surface area contributed by atoms with Crippen molar-refractivity contribution in [2.45, 2.75) is 13.3 Å². The van der Waals surface area contributed by atoms with Gasteiger partial charge in [0.25, 0.3) is 0 Å². The molecule has 0 aliphatic rings. The van der Waals surface area contributed by atoms with E-state index in [-0.39, 0.29) is 12.4 Å². The van der Waals surface area contributed by atoms with Crippen molar-refractivity contribution in [1.29, 1.82) is 0 Å². The molecule has 0 aromatic rings. The zero-order valence-corrected chi connectivity index (χ0v) is 6.97. The molecule has 0 aromatic heterocycles. The van der Waals surface area contributed by atoms with Gasteiger partial charge >= 0.3 is 8.97 Å². The van der Waals surface area contributed by atoms with Crippen LogP contribution in [0.25, 0.3) is 0 Å². The topological polar surface area (TPSA) is 77.3 Å². The number of hydrogen-bond acceptors (Lipinski definition) is 3. The van der Waals surface area contributed by atoms with Gasteiger partial charge in [-0.1, -0.05) is 6.92 Å². The molecule has 0 atom stereocenters. The Kier molecular flexibility index (Phi) is 6.91. The monoisotopic (exact) mass is 173 g/mol. The molecule has 4 nitrogen and oxygen atoms in total. The van der Waals surface area contributed by atoms with Crippen molar-refractivity contribution in [3.8, 4) is 0 Å². The SMILES string of the molecule is CCC[NH2+][Si](O)(O)O.[Cl-]. The van der Waals surface area contributed by atoms with Gasteiger partial charge < -0.3 is 31.8 Å². The van der Waals surface area contributed by atoms with Crippen molar-refractivity contribution in [3.05, 3.63) is 0 Å². The lowest BCUT2D eigenvalue weighted by Crippen LogP contribution is -3.01. The van der Waals surface area contributed by atoms with Crippen LogP contribution in [0.3, 0.4) is 0 Å². The average Bonchev–Trinajstić information content (AvgIpc) is 1.59. The second-order valence-corrected chi connectivity index (χ2v) is 3.46. The first-order valence-corrected chi connectivity index (χ1v) is 4.49. The van der Waals surface area contributed by atoms with Gasteiger partial charge in [-0.2, -0.15) is 0 Å². The summed E-state index contributed by atoms with van der Waals surface area (Å²) in [6.45, 7) is 2.46. The second kappa shape index (κ2) is 5.16. The van der Waals surface area contributed by atoms with Crippen LogP contribution in [0.2, 0.25) is 0 Å². The Labute approximate surface area is 61.4 Å². The van der Waals surface area contributed by atoms with Crippen molar-refractivity contribution >= 4 is 8.97 Å². The van der Waals surface area contributed by atoms with Crippen LogP contribution in [-0.2, 0) is 0 Å². The first kappa shape index (κ1) is 12.1. The molecular formula is C3H12ClNO3Si. The largest absolute Gasteiger partial charge is 1.00 e. The highest BCUT2D eigenvalue weighted by Crippen LogP contribution is 1.65. The Morgan fingerprint density at radius 1 is 1.33 bits per heavy atom. The standard InChI is InChI=1S/C3H11NO3Si.ClH/c1-2-3-4-8(5,6)7;/h4-7H,2-3H2,1H3;1H. The van der Waals surface area contributed by atoms with Gasteiger partial charge in [0.05, 0.1) is 6.54 Å². The van der Waals surface area contributed by atoms with E-state index in [1.54, 1.807) is 0 Å². The molecular weight excluding hydrogens is 162 g/mol.